The van der Waals surface area contributed by atoms with Gasteiger partial charge in [0.15, 0.2) is 5.78 Å². The minimum absolute atomic E-state index is 0.139. The van der Waals surface area contributed by atoms with Crippen LogP contribution in [0.2, 0.25) is 0 Å². The number of hydrogen-bond donors (Lipinski definition) is 4. The molecule has 290 valence electrons. The molecule has 0 fully saturated rings. The van der Waals surface area contributed by atoms with E-state index in [-0.39, 0.29) is 17.5 Å². The molecule has 0 aromatic rings. The number of carboxylic acids is 1. The number of carboxylic acid groups (broad SMARTS) is 1. The molecule has 0 aliphatic heterocycles. The molecule has 0 heterocycles. The number of unbranched alkanes of at least 4 members (excludes halogenated alkanes) is 28. The molecule has 0 spiro atoms. The highest BCUT2D eigenvalue weighted by Crippen LogP contribution is 2.47. The van der Waals surface area contributed by atoms with E-state index in [0.717, 1.165) is 38.5 Å². The number of aliphatic hydroxyl groups excluding tert-OH is 1. The first-order valence-electron chi connectivity index (χ1n) is 20.4. The van der Waals surface area contributed by atoms with Gasteiger partial charge >= 0.3 is 13.7 Å². The third-order valence-corrected chi connectivity index (χ3v) is 11.0. The maximum absolute atomic E-state index is 13.2. The van der Waals surface area contributed by atoms with Crippen molar-refractivity contribution >= 4 is 25.4 Å². The van der Waals surface area contributed by atoms with Crippen LogP contribution in [0.25, 0.3) is 0 Å². The van der Waals surface area contributed by atoms with E-state index in [2.05, 4.69) is 13.8 Å². The molecule has 0 unspecified atom stereocenters. The molecule has 49 heavy (non-hydrogen) atoms. The molecule has 4 N–H and O–H groups in total. The van der Waals surface area contributed by atoms with E-state index in [1.54, 1.807) is 0 Å². The van der Waals surface area contributed by atoms with E-state index in [1.807, 2.05) is 0 Å². The third kappa shape index (κ3) is 23.0. The Morgan fingerprint density at radius 3 is 1.00 bits per heavy atom. The summed E-state index contributed by atoms with van der Waals surface area (Å²) in [5, 5.41) is 20.1. The molecule has 0 radical (unpaired) electrons. The van der Waals surface area contributed by atoms with Crippen LogP contribution in [0.5, 0.6) is 0 Å². The number of rotatable bonds is 37. The molecule has 0 aliphatic carbocycles. The fourth-order valence-corrected chi connectivity index (χ4v) is 7.84. The minimum atomic E-state index is -5.52. The zero-order valence-corrected chi connectivity index (χ0v) is 32.5. The van der Waals surface area contributed by atoms with Crippen LogP contribution in [0.15, 0.2) is 0 Å². The summed E-state index contributed by atoms with van der Waals surface area (Å²) in [5.74, 6) is -4.09. The number of aliphatic carboxylic acids is 1. The van der Waals surface area contributed by atoms with Crippen LogP contribution >= 0.6 is 7.75 Å². The standard InChI is InChI=1S/C39H76NO8P/c1-3-5-7-9-11-13-15-17-19-21-23-25-27-29-31-33-36(42)39(35-41,38(44)45)40(49(46,47)48)37(43)34-32-30-28-26-24-22-20-18-16-14-12-10-8-6-4-2/h41H,3-35H2,1-2H3,(H,44,45)(H2,46,47,48)/t39-/m0/s1. The number of ketones is 1. The van der Waals surface area contributed by atoms with Crippen LogP contribution in [-0.4, -0.2) is 54.5 Å². The van der Waals surface area contributed by atoms with Crippen molar-refractivity contribution in [2.45, 2.75) is 225 Å². The lowest BCUT2D eigenvalue weighted by Gasteiger charge is -2.37. The van der Waals surface area contributed by atoms with Crippen molar-refractivity contribution in [3.63, 3.8) is 0 Å². The summed E-state index contributed by atoms with van der Waals surface area (Å²) in [7, 11) is -5.52. The van der Waals surface area contributed by atoms with Crippen molar-refractivity contribution in [3.8, 4) is 0 Å². The highest BCUT2D eigenvalue weighted by Gasteiger charge is 2.58. The molecule has 0 aromatic carbocycles. The number of aliphatic hydroxyl groups is 1. The molecule has 0 aromatic heterocycles. The van der Waals surface area contributed by atoms with Crippen molar-refractivity contribution in [1.29, 1.82) is 0 Å². The summed E-state index contributed by atoms with van der Waals surface area (Å²) in [6.07, 6.45) is 33.1. The molecule has 0 saturated carbocycles. The molecule has 10 heteroatoms. The number of nitrogens with zero attached hydrogens (tertiary/aromatic N) is 1. The normalized spacial score (nSPS) is 13.0. The third-order valence-electron chi connectivity index (χ3n) is 9.90. The zero-order valence-electron chi connectivity index (χ0n) is 31.7. The fourth-order valence-electron chi connectivity index (χ4n) is 6.75. The molecule has 0 rings (SSSR count). The number of hydrogen-bond acceptors (Lipinski definition) is 5. The summed E-state index contributed by atoms with van der Waals surface area (Å²) < 4.78 is 12.3. The lowest BCUT2D eigenvalue weighted by molar-refractivity contribution is -0.163. The molecule has 1 atom stereocenters. The molecule has 0 saturated heterocycles. The average Bonchev–Trinajstić information content (AvgIpc) is 3.06. The van der Waals surface area contributed by atoms with Crippen LogP contribution < -0.4 is 0 Å². The van der Waals surface area contributed by atoms with Gasteiger partial charge in [-0.15, -0.1) is 0 Å². The van der Waals surface area contributed by atoms with Gasteiger partial charge in [0.2, 0.25) is 11.4 Å². The van der Waals surface area contributed by atoms with E-state index in [1.165, 1.54) is 128 Å². The van der Waals surface area contributed by atoms with Gasteiger partial charge in [-0.2, -0.15) is 0 Å². The van der Waals surface area contributed by atoms with Gasteiger partial charge < -0.3 is 20.0 Å². The first-order chi connectivity index (χ1) is 23.6. The monoisotopic (exact) mass is 718 g/mol. The van der Waals surface area contributed by atoms with Crippen molar-refractivity contribution in [1.82, 2.24) is 4.67 Å². The summed E-state index contributed by atoms with van der Waals surface area (Å²) in [6.45, 7) is 3.07. The number of amides is 1. The van der Waals surface area contributed by atoms with E-state index >= 15 is 0 Å². The average molecular weight is 718 g/mol. The van der Waals surface area contributed by atoms with Crippen molar-refractivity contribution in [2.75, 3.05) is 6.61 Å². The van der Waals surface area contributed by atoms with E-state index in [0.29, 0.717) is 25.7 Å². The predicted molar refractivity (Wildman–Crippen MR) is 200 cm³/mol. The Labute approximate surface area is 300 Å². The van der Waals surface area contributed by atoms with Gasteiger partial charge in [0.1, 0.15) is 0 Å². The molecule has 9 nitrogen and oxygen atoms in total. The van der Waals surface area contributed by atoms with Gasteiger partial charge in [-0.1, -0.05) is 194 Å². The molecule has 0 bridgehead atoms. The van der Waals surface area contributed by atoms with E-state index < -0.39 is 37.6 Å². The topological polar surface area (TPSA) is 152 Å². The second-order valence-electron chi connectivity index (χ2n) is 14.4. The maximum Gasteiger partial charge on any atom is 0.433 e. The Balaban J connectivity index is 4.46. The summed E-state index contributed by atoms with van der Waals surface area (Å²) in [6, 6.07) is 0. The highest BCUT2D eigenvalue weighted by molar-refractivity contribution is 7.50. The largest absolute Gasteiger partial charge is 0.479 e. The summed E-state index contributed by atoms with van der Waals surface area (Å²) in [4.78, 5) is 58.7. The molecule has 0 aliphatic rings. The van der Waals surface area contributed by atoms with Gasteiger partial charge in [-0.3, -0.25) is 9.59 Å². The van der Waals surface area contributed by atoms with Crippen LogP contribution in [0, 0.1) is 0 Å². The lowest BCUT2D eigenvalue weighted by Crippen LogP contribution is -2.63. The van der Waals surface area contributed by atoms with E-state index in [4.69, 9.17) is 0 Å². The van der Waals surface area contributed by atoms with Crippen molar-refractivity contribution in [2.24, 2.45) is 0 Å². The Bertz CT molecular complexity index is 879. The molecular weight excluding hydrogens is 641 g/mol. The van der Waals surface area contributed by atoms with Crippen LogP contribution in [0.1, 0.15) is 219 Å². The number of Topliss-reactive ketones (excluding diaryl/α,β-unsaturated/α-hetero) is 1. The SMILES string of the molecule is CCCCCCCCCCCCCCCCCC(=O)N([C@](CO)(C(=O)O)C(=O)CCCCCCCCCCCCCCCCC)P(=O)(O)O. The molecule has 1 amide bonds. The van der Waals surface area contributed by atoms with Gasteiger partial charge in [0.25, 0.3) is 0 Å². The first kappa shape index (κ1) is 47.7. The van der Waals surface area contributed by atoms with Gasteiger partial charge in [0, 0.05) is 12.8 Å². The Hall–Kier alpha value is -1.28. The van der Waals surface area contributed by atoms with Gasteiger partial charge in [-0.05, 0) is 12.8 Å². The first-order valence-corrected chi connectivity index (χ1v) is 21.9. The van der Waals surface area contributed by atoms with Crippen molar-refractivity contribution in [3.05, 3.63) is 0 Å². The quantitative estimate of drug-likeness (QED) is 0.0281. The number of carbonyl (C=O) groups is 3. The fraction of sp³-hybridized carbons (Fsp3) is 0.923. The van der Waals surface area contributed by atoms with Crippen molar-refractivity contribution < 1.29 is 38.9 Å². The van der Waals surface area contributed by atoms with Crippen LogP contribution in [-0.2, 0) is 18.9 Å². The summed E-state index contributed by atoms with van der Waals surface area (Å²) in [5.41, 5.74) is -3.00. The summed E-state index contributed by atoms with van der Waals surface area (Å²) >= 11 is 0. The lowest BCUT2D eigenvalue weighted by atomic mass is 9.90. The Kier molecular flexibility index (Phi) is 30.6. The zero-order chi connectivity index (χ0) is 36.6. The van der Waals surface area contributed by atoms with E-state index in [9.17, 15) is 38.9 Å². The smallest absolute Gasteiger partial charge is 0.433 e. The Morgan fingerprint density at radius 1 is 0.490 bits per heavy atom. The molecular formula is C39H76NO8P. The predicted octanol–water partition coefficient (Wildman–Crippen LogP) is 10.8. The minimum Gasteiger partial charge on any atom is -0.479 e. The second kappa shape index (κ2) is 31.5. The number of carbonyl (C=O) groups excluding carboxylic acids is 2. The van der Waals surface area contributed by atoms with Crippen LogP contribution in [0.4, 0.5) is 0 Å². The Morgan fingerprint density at radius 2 is 0.755 bits per heavy atom. The second-order valence-corrected chi connectivity index (χ2v) is 15.8. The van der Waals surface area contributed by atoms with Gasteiger partial charge in [0.05, 0.1) is 6.61 Å². The van der Waals surface area contributed by atoms with Gasteiger partial charge in [-0.25, -0.2) is 14.0 Å². The maximum atomic E-state index is 13.2. The highest BCUT2D eigenvalue weighted by atomic mass is 31.2. The van der Waals surface area contributed by atoms with Crippen LogP contribution in [0.3, 0.4) is 0 Å².